The summed E-state index contributed by atoms with van der Waals surface area (Å²) in [6, 6.07) is 0. The van der Waals surface area contributed by atoms with Gasteiger partial charge in [0.25, 0.3) is 0 Å². The molecular formula is C8H16O5. The van der Waals surface area contributed by atoms with Crippen molar-refractivity contribution in [1.29, 1.82) is 0 Å². The van der Waals surface area contributed by atoms with Gasteiger partial charge in [-0.05, 0) is 20.3 Å². The molecule has 5 heteroatoms. The van der Waals surface area contributed by atoms with Gasteiger partial charge in [-0.2, -0.15) is 0 Å². The van der Waals surface area contributed by atoms with E-state index in [1.165, 1.54) is 6.92 Å². The maximum atomic E-state index is 10.1. The van der Waals surface area contributed by atoms with Crippen LogP contribution in [0.25, 0.3) is 0 Å². The highest BCUT2D eigenvalue weighted by Gasteiger charge is 2.13. The van der Waals surface area contributed by atoms with Crippen LogP contribution in [-0.2, 0) is 14.2 Å². The molecule has 0 heterocycles. The number of rotatable bonds is 6. The van der Waals surface area contributed by atoms with E-state index in [1.54, 1.807) is 0 Å². The molecule has 0 bridgehead atoms. The lowest BCUT2D eigenvalue weighted by Gasteiger charge is -2.19. The predicted molar refractivity (Wildman–Crippen MR) is 45.4 cm³/mol. The molecule has 0 aromatic heterocycles. The molecule has 0 aromatic rings. The molecule has 2 atom stereocenters. The Kier molecular flexibility index (Phi) is 6.26. The SMILES string of the molecule is CCOC(CC)OC(C)OC(=O)O. The lowest BCUT2D eigenvalue weighted by molar-refractivity contribution is -0.223. The van der Waals surface area contributed by atoms with Gasteiger partial charge in [0, 0.05) is 6.61 Å². The number of carboxylic acid groups (broad SMARTS) is 1. The van der Waals surface area contributed by atoms with Gasteiger partial charge in [0.1, 0.15) is 0 Å². The molecular weight excluding hydrogens is 176 g/mol. The van der Waals surface area contributed by atoms with Gasteiger partial charge in [-0.15, -0.1) is 0 Å². The van der Waals surface area contributed by atoms with Gasteiger partial charge in [0.05, 0.1) is 0 Å². The fourth-order valence-electron chi connectivity index (χ4n) is 0.823. The fraction of sp³-hybridized carbons (Fsp3) is 0.875. The van der Waals surface area contributed by atoms with E-state index in [1.807, 2.05) is 13.8 Å². The largest absolute Gasteiger partial charge is 0.508 e. The van der Waals surface area contributed by atoms with Gasteiger partial charge >= 0.3 is 6.16 Å². The van der Waals surface area contributed by atoms with Crippen molar-refractivity contribution in [2.75, 3.05) is 6.61 Å². The third-order valence-corrected chi connectivity index (χ3v) is 1.30. The first kappa shape index (κ1) is 12.2. The van der Waals surface area contributed by atoms with E-state index < -0.39 is 18.7 Å². The maximum absolute atomic E-state index is 10.1. The molecule has 0 aromatic carbocycles. The van der Waals surface area contributed by atoms with Crippen LogP contribution < -0.4 is 0 Å². The zero-order valence-electron chi connectivity index (χ0n) is 8.15. The van der Waals surface area contributed by atoms with Gasteiger partial charge in [0.15, 0.2) is 6.29 Å². The Labute approximate surface area is 77.6 Å². The van der Waals surface area contributed by atoms with Crippen LogP contribution in [0.4, 0.5) is 4.79 Å². The monoisotopic (exact) mass is 192 g/mol. The molecule has 0 aliphatic rings. The Hall–Kier alpha value is -0.810. The van der Waals surface area contributed by atoms with Crippen LogP contribution in [0.1, 0.15) is 27.2 Å². The summed E-state index contributed by atoms with van der Waals surface area (Å²) < 4.78 is 14.6. The number of hydrogen-bond donors (Lipinski definition) is 1. The second-order valence-electron chi connectivity index (χ2n) is 2.38. The molecule has 2 unspecified atom stereocenters. The molecule has 0 rings (SSSR count). The second kappa shape index (κ2) is 6.68. The van der Waals surface area contributed by atoms with Crippen molar-refractivity contribution < 1.29 is 24.1 Å². The number of hydrogen-bond acceptors (Lipinski definition) is 4. The second-order valence-corrected chi connectivity index (χ2v) is 2.38. The van der Waals surface area contributed by atoms with Gasteiger partial charge < -0.3 is 19.3 Å². The average molecular weight is 192 g/mol. The standard InChI is InChI=1S/C8H16O5/c1-4-7(11-5-2)12-6(3)13-8(9)10/h6-7H,4-5H2,1-3H3,(H,9,10). The molecule has 0 spiro atoms. The minimum atomic E-state index is -1.35. The highest BCUT2D eigenvalue weighted by atomic mass is 16.8. The zero-order valence-corrected chi connectivity index (χ0v) is 8.15. The Morgan fingerprint density at radius 2 is 2.08 bits per heavy atom. The average Bonchev–Trinajstić information content (AvgIpc) is 2.02. The molecule has 0 aliphatic carbocycles. The summed E-state index contributed by atoms with van der Waals surface area (Å²) >= 11 is 0. The van der Waals surface area contributed by atoms with Crippen molar-refractivity contribution in [1.82, 2.24) is 0 Å². The van der Waals surface area contributed by atoms with Crippen LogP contribution in [0, 0.1) is 0 Å². The van der Waals surface area contributed by atoms with Crippen LogP contribution in [-0.4, -0.2) is 30.4 Å². The lowest BCUT2D eigenvalue weighted by Crippen LogP contribution is -2.25. The molecule has 0 saturated heterocycles. The number of ether oxygens (including phenoxy) is 3. The van der Waals surface area contributed by atoms with Crippen molar-refractivity contribution in [3.8, 4) is 0 Å². The van der Waals surface area contributed by atoms with Crippen LogP contribution in [0.15, 0.2) is 0 Å². The minimum Gasteiger partial charge on any atom is -0.450 e. The quantitative estimate of drug-likeness (QED) is 0.513. The van der Waals surface area contributed by atoms with E-state index in [0.717, 1.165) is 0 Å². The highest BCUT2D eigenvalue weighted by Crippen LogP contribution is 2.05. The molecule has 13 heavy (non-hydrogen) atoms. The highest BCUT2D eigenvalue weighted by molar-refractivity contribution is 5.56. The maximum Gasteiger partial charge on any atom is 0.508 e. The summed E-state index contributed by atoms with van der Waals surface area (Å²) in [5.74, 6) is 0. The third-order valence-electron chi connectivity index (χ3n) is 1.30. The molecule has 0 amide bonds. The molecule has 0 saturated carbocycles. The van der Waals surface area contributed by atoms with E-state index in [2.05, 4.69) is 4.74 Å². The summed E-state index contributed by atoms with van der Waals surface area (Å²) in [7, 11) is 0. The van der Waals surface area contributed by atoms with Crippen molar-refractivity contribution in [2.45, 2.75) is 39.8 Å². The molecule has 0 aliphatic heterocycles. The first-order valence-electron chi connectivity index (χ1n) is 4.26. The summed E-state index contributed by atoms with van der Waals surface area (Å²) in [6.45, 7) is 5.76. The summed E-state index contributed by atoms with van der Waals surface area (Å²) in [5, 5.41) is 8.26. The minimum absolute atomic E-state index is 0.403. The fourth-order valence-corrected chi connectivity index (χ4v) is 0.823. The zero-order chi connectivity index (χ0) is 10.3. The van der Waals surface area contributed by atoms with Gasteiger partial charge in [0.2, 0.25) is 6.29 Å². The van der Waals surface area contributed by atoms with Crippen molar-refractivity contribution in [3.05, 3.63) is 0 Å². The predicted octanol–water partition coefficient (Wildman–Crippen LogP) is 1.82. The Bertz CT molecular complexity index is 147. The van der Waals surface area contributed by atoms with Crippen molar-refractivity contribution in [3.63, 3.8) is 0 Å². The summed E-state index contributed by atoms with van der Waals surface area (Å²) in [5.41, 5.74) is 0. The van der Waals surface area contributed by atoms with E-state index in [0.29, 0.717) is 13.0 Å². The van der Waals surface area contributed by atoms with Gasteiger partial charge in [-0.3, -0.25) is 0 Å². The molecule has 78 valence electrons. The first-order valence-corrected chi connectivity index (χ1v) is 4.26. The van der Waals surface area contributed by atoms with Crippen LogP contribution in [0.2, 0.25) is 0 Å². The van der Waals surface area contributed by atoms with E-state index in [9.17, 15) is 4.79 Å². The van der Waals surface area contributed by atoms with Gasteiger partial charge in [-0.25, -0.2) is 4.79 Å². The first-order chi connectivity index (χ1) is 6.10. The van der Waals surface area contributed by atoms with E-state index in [4.69, 9.17) is 14.6 Å². The molecule has 1 N–H and O–H groups in total. The van der Waals surface area contributed by atoms with E-state index in [-0.39, 0.29) is 0 Å². The molecule has 5 nitrogen and oxygen atoms in total. The summed E-state index contributed by atoms with van der Waals surface area (Å²) in [6.07, 6.45) is -1.89. The normalized spacial score (nSPS) is 15.0. The Morgan fingerprint density at radius 1 is 1.46 bits per heavy atom. The molecule has 0 fully saturated rings. The third kappa shape index (κ3) is 6.36. The van der Waals surface area contributed by atoms with Gasteiger partial charge in [-0.1, -0.05) is 6.92 Å². The smallest absolute Gasteiger partial charge is 0.450 e. The topological polar surface area (TPSA) is 65.0 Å². The Morgan fingerprint density at radius 3 is 2.46 bits per heavy atom. The van der Waals surface area contributed by atoms with Crippen molar-refractivity contribution >= 4 is 6.16 Å². The van der Waals surface area contributed by atoms with E-state index >= 15 is 0 Å². The summed E-state index contributed by atoms with van der Waals surface area (Å²) in [4.78, 5) is 10.1. The molecule has 0 radical (unpaired) electrons. The number of carbonyl (C=O) groups is 1. The lowest BCUT2D eigenvalue weighted by atomic mass is 10.5. The van der Waals surface area contributed by atoms with Crippen LogP contribution in [0.3, 0.4) is 0 Å². The van der Waals surface area contributed by atoms with Crippen LogP contribution in [0.5, 0.6) is 0 Å². The Balaban J connectivity index is 3.72. The van der Waals surface area contributed by atoms with Crippen molar-refractivity contribution in [2.24, 2.45) is 0 Å². The van der Waals surface area contributed by atoms with Crippen LogP contribution >= 0.6 is 0 Å².